The average molecular weight is 250 g/mol. The summed E-state index contributed by atoms with van der Waals surface area (Å²) in [5.41, 5.74) is 0.412. The van der Waals surface area contributed by atoms with Gasteiger partial charge in [0.2, 0.25) is 0 Å². The lowest BCUT2D eigenvalue weighted by Gasteiger charge is -2.20. The maximum Gasteiger partial charge on any atom is 0.274 e. The molecule has 0 saturated carbocycles. The van der Waals surface area contributed by atoms with Gasteiger partial charge < -0.3 is 9.80 Å². The van der Waals surface area contributed by atoms with Crippen molar-refractivity contribution in [2.75, 3.05) is 31.1 Å². The highest BCUT2D eigenvalue weighted by atomic mass is 16.2. The highest BCUT2D eigenvalue weighted by molar-refractivity contribution is 5.92. The van der Waals surface area contributed by atoms with Gasteiger partial charge in [-0.1, -0.05) is 0 Å². The van der Waals surface area contributed by atoms with Crippen molar-refractivity contribution in [2.24, 2.45) is 0 Å². The normalized spacial score (nSPS) is 10.2. The number of carbonyl (C=O) groups is 1. The van der Waals surface area contributed by atoms with Gasteiger partial charge in [-0.3, -0.25) is 4.79 Å². The van der Waals surface area contributed by atoms with Crippen LogP contribution < -0.4 is 4.90 Å². The molecular formula is C13H22N4O. The molecule has 0 radical (unpaired) electrons. The molecule has 1 heterocycles. The number of hydrogen-bond acceptors (Lipinski definition) is 4. The van der Waals surface area contributed by atoms with Crippen molar-refractivity contribution >= 4 is 11.7 Å². The molecule has 0 fully saturated rings. The number of carbonyl (C=O) groups excluding carboxylic acids is 1. The van der Waals surface area contributed by atoms with Gasteiger partial charge in [0, 0.05) is 26.2 Å². The Kier molecular flexibility index (Phi) is 5.55. The topological polar surface area (TPSA) is 49.3 Å². The third kappa shape index (κ3) is 3.18. The fraction of sp³-hybridized carbons (Fsp3) is 0.615. The van der Waals surface area contributed by atoms with Crippen molar-refractivity contribution in [3.05, 3.63) is 18.1 Å². The third-order valence-electron chi connectivity index (χ3n) is 3.00. The Morgan fingerprint density at radius 1 is 1.00 bits per heavy atom. The van der Waals surface area contributed by atoms with Crippen LogP contribution in [0.1, 0.15) is 38.2 Å². The van der Waals surface area contributed by atoms with E-state index in [1.165, 1.54) is 0 Å². The van der Waals surface area contributed by atoms with Gasteiger partial charge >= 0.3 is 0 Å². The van der Waals surface area contributed by atoms with Crippen LogP contribution in [0.2, 0.25) is 0 Å². The zero-order valence-corrected chi connectivity index (χ0v) is 11.7. The molecule has 0 bridgehead atoms. The maximum atomic E-state index is 12.0. The zero-order chi connectivity index (χ0) is 13.5. The molecule has 18 heavy (non-hydrogen) atoms. The lowest BCUT2D eigenvalue weighted by molar-refractivity contribution is 0.0766. The smallest absolute Gasteiger partial charge is 0.274 e. The number of anilines is 1. The van der Waals surface area contributed by atoms with E-state index in [9.17, 15) is 4.79 Å². The first-order valence-corrected chi connectivity index (χ1v) is 6.54. The van der Waals surface area contributed by atoms with Crippen molar-refractivity contribution < 1.29 is 4.79 Å². The molecule has 0 unspecified atom stereocenters. The molecule has 0 aromatic carbocycles. The van der Waals surface area contributed by atoms with Crippen LogP contribution in [0, 0.1) is 0 Å². The van der Waals surface area contributed by atoms with Crippen molar-refractivity contribution in [1.29, 1.82) is 0 Å². The molecular weight excluding hydrogens is 228 g/mol. The number of rotatable bonds is 6. The Balaban J connectivity index is 2.85. The first-order chi connectivity index (χ1) is 8.67. The molecule has 5 heteroatoms. The van der Waals surface area contributed by atoms with E-state index < -0.39 is 0 Å². The monoisotopic (exact) mass is 250 g/mol. The Hall–Kier alpha value is -1.65. The molecule has 0 aliphatic carbocycles. The van der Waals surface area contributed by atoms with E-state index >= 15 is 0 Å². The second kappa shape index (κ2) is 6.93. The number of hydrogen-bond donors (Lipinski definition) is 0. The van der Waals surface area contributed by atoms with Gasteiger partial charge in [-0.25, -0.2) is 9.97 Å². The largest absolute Gasteiger partial charge is 0.356 e. The highest BCUT2D eigenvalue weighted by Gasteiger charge is 2.14. The van der Waals surface area contributed by atoms with E-state index in [4.69, 9.17) is 0 Å². The molecule has 5 nitrogen and oxygen atoms in total. The average Bonchev–Trinajstić information content (AvgIpc) is 2.42. The van der Waals surface area contributed by atoms with Gasteiger partial charge in [-0.15, -0.1) is 0 Å². The van der Waals surface area contributed by atoms with Gasteiger partial charge in [-0.2, -0.15) is 0 Å². The summed E-state index contributed by atoms with van der Waals surface area (Å²) in [6, 6.07) is 0. The van der Waals surface area contributed by atoms with E-state index in [2.05, 4.69) is 28.7 Å². The van der Waals surface area contributed by atoms with Crippen LogP contribution in [0.25, 0.3) is 0 Å². The van der Waals surface area contributed by atoms with Crippen molar-refractivity contribution in [2.45, 2.75) is 27.7 Å². The summed E-state index contributed by atoms with van der Waals surface area (Å²) in [5, 5.41) is 0. The summed E-state index contributed by atoms with van der Waals surface area (Å²) in [7, 11) is 0. The molecule has 1 rings (SSSR count). The van der Waals surface area contributed by atoms with Crippen LogP contribution in [-0.2, 0) is 0 Å². The summed E-state index contributed by atoms with van der Waals surface area (Å²) in [6.07, 6.45) is 3.23. The minimum Gasteiger partial charge on any atom is -0.356 e. The minimum atomic E-state index is -0.0569. The third-order valence-corrected chi connectivity index (χ3v) is 3.00. The SMILES string of the molecule is CCN(CC)C(=O)c1cnc(N(CC)CC)cn1. The second-order valence-electron chi connectivity index (χ2n) is 3.91. The van der Waals surface area contributed by atoms with Gasteiger partial charge in [0.25, 0.3) is 5.91 Å². The van der Waals surface area contributed by atoms with E-state index in [0.717, 1.165) is 18.9 Å². The Morgan fingerprint density at radius 3 is 2.00 bits per heavy atom. The molecule has 100 valence electrons. The van der Waals surface area contributed by atoms with Crippen molar-refractivity contribution in [3.8, 4) is 0 Å². The molecule has 0 aliphatic heterocycles. The van der Waals surface area contributed by atoms with E-state index in [1.807, 2.05) is 13.8 Å². The van der Waals surface area contributed by atoms with Crippen molar-refractivity contribution in [3.63, 3.8) is 0 Å². The first kappa shape index (κ1) is 14.4. The van der Waals surface area contributed by atoms with E-state index in [-0.39, 0.29) is 5.91 Å². The molecule has 1 aromatic heterocycles. The fourth-order valence-electron chi connectivity index (χ4n) is 1.82. The van der Waals surface area contributed by atoms with E-state index in [0.29, 0.717) is 18.8 Å². The summed E-state index contributed by atoms with van der Waals surface area (Å²) >= 11 is 0. The lowest BCUT2D eigenvalue weighted by Crippen LogP contribution is -2.31. The van der Waals surface area contributed by atoms with Crippen LogP contribution in [0.5, 0.6) is 0 Å². The zero-order valence-electron chi connectivity index (χ0n) is 11.7. The number of aromatic nitrogens is 2. The quantitative estimate of drug-likeness (QED) is 0.772. The predicted octanol–water partition coefficient (Wildman–Crippen LogP) is 1.80. The molecule has 0 atom stereocenters. The summed E-state index contributed by atoms with van der Waals surface area (Å²) in [6.45, 7) is 11.2. The molecule has 0 aliphatic rings. The van der Waals surface area contributed by atoms with Gasteiger partial charge in [0.15, 0.2) is 0 Å². The summed E-state index contributed by atoms with van der Waals surface area (Å²) in [5.74, 6) is 0.759. The fourth-order valence-corrected chi connectivity index (χ4v) is 1.82. The van der Waals surface area contributed by atoms with Crippen LogP contribution in [-0.4, -0.2) is 47.0 Å². The lowest BCUT2D eigenvalue weighted by atomic mass is 10.3. The van der Waals surface area contributed by atoms with Crippen LogP contribution in [0.4, 0.5) is 5.82 Å². The standard InChI is InChI=1S/C13H22N4O/c1-5-16(6-2)12-10-14-11(9-15-12)13(18)17(7-3)8-4/h9-10H,5-8H2,1-4H3. The Morgan fingerprint density at radius 2 is 1.61 bits per heavy atom. The molecule has 1 aromatic rings. The van der Waals surface area contributed by atoms with Crippen LogP contribution in [0.3, 0.4) is 0 Å². The van der Waals surface area contributed by atoms with Gasteiger partial charge in [0.1, 0.15) is 11.5 Å². The highest BCUT2D eigenvalue weighted by Crippen LogP contribution is 2.09. The second-order valence-corrected chi connectivity index (χ2v) is 3.91. The summed E-state index contributed by atoms with van der Waals surface area (Å²) in [4.78, 5) is 24.4. The molecule has 0 N–H and O–H groups in total. The number of amides is 1. The Bertz CT molecular complexity index is 369. The molecule has 0 spiro atoms. The number of nitrogens with zero attached hydrogens (tertiary/aromatic N) is 4. The van der Waals surface area contributed by atoms with Crippen molar-refractivity contribution in [1.82, 2.24) is 14.9 Å². The van der Waals surface area contributed by atoms with E-state index in [1.54, 1.807) is 17.3 Å². The van der Waals surface area contributed by atoms with Crippen LogP contribution in [0.15, 0.2) is 12.4 Å². The molecule has 0 saturated heterocycles. The first-order valence-electron chi connectivity index (χ1n) is 6.54. The van der Waals surface area contributed by atoms with Crippen LogP contribution >= 0.6 is 0 Å². The van der Waals surface area contributed by atoms with Gasteiger partial charge in [0.05, 0.1) is 12.4 Å². The molecule has 1 amide bonds. The summed E-state index contributed by atoms with van der Waals surface area (Å²) < 4.78 is 0. The Labute approximate surface area is 109 Å². The minimum absolute atomic E-state index is 0.0569. The van der Waals surface area contributed by atoms with Gasteiger partial charge in [-0.05, 0) is 27.7 Å². The predicted molar refractivity (Wildman–Crippen MR) is 72.8 cm³/mol. The maximum absolute atomic E-state index is 12.0.